The van der Waals surface area contributed by atoms with Crippen molar-refractivity contribution in [2.45, 2.75) is 6.54 Å². The number of rotatable bonds is 4. The molecule has 0 N–H and O–H groups in total. The third-order valence-electron chi connectivity index (χ3n) is 4.21. The molecular weight excluding hydrogens is 397 g/mol. The van der Waals surface area contributed by atoms with Gasteiger partial charge in [-0.25, -0.2) is 4.98 Å². The van der Waals surface area contributed by atoms with E-state index >= 15 is 0 Å². The van der Waals surface area contributed by atoms with Gasteiger partial charge in [-0.15, -0.1) is 0 Å². The SMILES string of the molecule is COc1ccc(Cn2nc(-c3ccnc(F)c3)c3cccc(Br)c32)cc1. The third kappa shape index (κ3) is 3.08. The number of fused-ring (bicyclic) bond motifs is 1. The van der Waals surface area contributed by atoms with E-state index in [1.54, 1.807) is 13.2 Å². The Morgan fingerprint density at radius 2 is 1.92 bits per heavy atom. The molecule has 0 spiro atoms. The fraction of sp³-hybridized carbons (Fsp3) is 0.100. The summed E-state index contributed by atoms with van der Waals surface area (Å²) in [5.74, 6) is 0.295. The second-order valence-corrected chi connectivity index (χ2v) is 6.71. The van der Waals surface area contributed by atoms with Crippen LogP contribution in [0.25, 0.3) is 22.2 Å². The van der Waals surface area contributed by atoms with Crippen LogP contribution in [-0.4, -0.2) is 21.9 Å². The van der Waals surface area contributed by atoms with Crippen molar-refractivity contribution in [2.24, 2.45) is 0 Å². The van der Waals surface area contributed by atoms with Gasteiger partial charge < -0.3 is 4.74 Å². The summed E-state index contributed by atoms with van der Waals surface area (Å²) in [6.45, 7) is 0.594. The molecule has 6 heteroatoms. The average Bonchev–Trinajstić information content (AvgIpc) is 3.02. The predicted molar refractivity (Wildman–Crippen MR) is 103 cm³/mol. The molecule has 0 aliphatic heterocycles. The molecule has 26 heavy (non-hydrogen) atoms. The van der Waals surface area contributed by atoms with E-state index in [9.17, 15) is 4.39 Å². The molecule has 0 saturated carbocycles. The van der Waals surface area contributed by atoms with Crippen LogP contribution in [0.15, 0.2) is 65.3 Å². The van der Waals surface area contributed by atoms with Gasteiger partial charge in [0, 0.05) is 27.7 Å². The molecule has 0 saturated heterocycles. The van der Waals surface area contributed by atoms with Gasteiger partial charge in [-0.3, -0.25) is 4.68 Å². The first-order valence-corrected chi connectivity index (χ1v) is 8.85. The van der Waals surface area contributed by atoms with Crippen molar-refractivity contribution in [2.75, 3.05) is 7.11 Å². The standard InChI is InChI=1S/C20H15BrFN3O/c1-26-15-7-5-13(6-8-15)12-25-20-16(3-2-4-17(20)21)19(24-25)14-9-10-23-18(22)11-14/h2-11H,12H2,1H3. The molecule has 0 aliphatic carbocycles. The van der Waals surface area contributed by atoms with Crippen LogP contribution in [0.2, 0.25) is 0 Å². The van der Waals surface area contributed by atoms with Gasteiger partial charge in [-0.05, 0) is 45.8 Å². The molecule has 2 heterocycles. The minimum atomic E-state index is -0.518. The van der Waals surface area contributed by atoms with E-state index in [0.29, 0.717) is 12.1 Å². The lowest BCUT2D eigenvalue weighted by atomic mass is 10.1. The van der Waals surface area contributed by atoms with E-state index in [2.05, 4.69) is 20.9 Å². The van der Waals surface area contributed by atoms with E-state index in [1.807, 2.05) is 47.1 Å². The summed E-state index contributed by atoms with van der Waals surface area (Å²) in [6.07, 6.45) is 1.46. The van der Waals surface area contributed by atoms with Crippen molar-refractivity contribution in [3.63, 3.8) is 0 Å². The summed E-state index contributed by atoms with van der Waals surface area (Å²) in [5.41, 5.74) is 3.50. The highest BCUT2D eigenvalue weighted by Crippen LogP contribution is 2.32. The quantitative estimate of drug-likeness (QED) is 0.440. The summed E-state index contributed by atoms with van der Waals surface area (Å²) in [5, 5.41) is 5.72. The van der Waals surface area contributed by atoms with Crippen molar-refractivity contribution in [1.82, 2.24) is 14.8 Å². The fourth-order valence-electron chi connectivity index (χ4n) is 2.97. The van der Waals surface area contributed by atoms with E-state index < -0.39 is 5.95 Å². The Labute approximate surface area is 158 Å². The topological polar surface area (TPSA) is 39.9 Å². The number of para-hydroxylation sites is 1. The number of nitrogens with zero attached hydrogens (tertiary/aromatic N) is 3. The Hall–Kier alpha value is -2.73. The van der Waals surface area contributed by atoms with Crippen molar-refractivity contribution >= 4 is 26.8 Å². The van der Waals surface area contributed by atoms with Crippen molar-refractivity contribution in [3.8, 4) is 17.0 Å². The molecule has 0 amide bonds. The summed E-state index contributed by atoms with van der Waals surface area (Å²) in [4.78, 5) is 3.63. The Morgan fingerprint density at radius 3 is 2.65 bits per heavy atom. The molecule has 4 nitrogen and oxygen atoms in total. The second kappa shape index (κ2) is 6.88. The first-order valence-electron chi connectivity index (χ1n) is 8.05. The Bertz CT molecular complexity index is 1080. The van der Waals surface area contributed by atoms with Gasteiger partial charge in [0.15, 0.2) is 0 Å². The van der Waals surface area contributed by atoms with Gasteiger partial charge >= 0.3 is 0 Å². The number of ether oxygens (including phenoxy) is 1. The van der Waals surface area contributed by atoms with Crippen LogP contribution >= 0.6 is 15.9 Å². The monoisotopic (exact) mass is 411 g/mol. The Kier molecular flexibility index (Phi) is 4.42. The molecular formula is C20H15BrFN3O. The molecule has 0 bridgehead atoms. The lowest BCUT2D eigenvalue weighted by Crippen LogP contribution is -2.02. The molecule has 0 unspecified atom stereocenters. The predicted octanol–water partition coefficient (Wildman–Crippen LogP) is 5.06. The van der Waals surface area contributed by atoms with Gasteiger partial charge in [0.1, 0.15) is 11.4 Å². The van der Waals surface area contributed by atoms with Gasteiger partial charge in [-0.1, -0.05) is 24.3 Å². The lowest BCUT2D eigenvalue weighted by molar-refractivity contribution is 0.414. The molecule has 0 radical (unpaired) electrons. The minimum Gasteiger partial charge on any atom is -0.497 e. The third-order valence-corrected chi connectivity index (χ3v) is 4.85. The van der Waals surface area contributed by atoms with Crippen LogP contribution in [0, 0.1) is 5.95 Å². The highest BCUT2D eigenvalue weighted by molar-refractivity contribution is 9.10. The van der Waals surface area contributed by atoms with Crippen molar-refractivity contribution in [1.29, 1.82) is 0 Å². The first-order chi connectivity index (χ1) is 12.7. The van der Waals surface area contributed by atoms with E-state index in [1.165, 1.54) is 12.3 Å². The molecule has 4 aromatic rings. The number of methoxy groups -OCH3 is 1. The van der Waals surface area contributed by atoms with Gasteiger partial charge in [-0.2, -0.15) is 9.49 Å². The number of hydrogen-bond acceptors (Lipinski definition) is 3. The number of benzene rings is 2. The zero-order chi connectivity index (χ0) is 18.1. The summed E-state index contributed by atoms with van der Waals surface area (Å²) in [6, 6.07) is 17.0. The van der Waals surface area contributed by atoms with Crippen LogP contribution in [-0.2, 0) is 6.54 Å². The maximum absolute atomic E-state index is 13.6. The molecule has 2 aromatic heterocycles. The average molecular weight is 412 g/mol. The van der Waals surface area contributed by atoms with Gasteiger partial charge in [0.05, 0.1) is 19.2 Å². The fourth-order valence-corrected chi connectivity index (χ4v) is 3.55. The minimum absolute atomic E-state index is 0.518. The van der Waals surface area contributed by atoms with Crippen LogP contribution in [0.3, 0.4) is 0 Å². The van der Waals surface area contributed by atoms with E-state index in [0.717, 1.165) is 32.4 Å². The molecule has 130 valence electrons. The van der Waals surface area contributed by atoms with E-state index in [4.69, 9.17) is 9.84 Å². The Morgan fingerprint density at radius 1 is 1.12 bits per heavy atom. The van der Waals surface area contributed by atoms with Crippen LogP contribution in [0.4, 0.5) is 4.39 Å². The van der Waals surface area contributed by atoms with Crippen LogP contribution < -0.4 is 4.74 Å². The zero-order valence-corrected chi connectivity index (χ0v) is 15.6. The van der Waals surface area contributed by atoms with Gasteiger partial charge in [0.2, 0.25) is 5.95 Å². The summed E-state index contributed by atoms with van der Waals surface area (Å²) >= 11 is 3.62. The molecule has 0 atom stereocenters. The van der Waals surface area contributed by atoms with Crippen molar-refractivity contribution < 1.29 is 9.13 Å². The summed E-state index contributed by atoms with van der Waals surface area (Å²) in [7, 11) is 1.65. The maximum Gasteiger partial charge on any atom is 0.213 e. The molecule has 0 aliphatic rings. The number of halogens is 2. The van der Waals surface area contributed by atoms with Crippen LogP contribution in [0.1, 0.15) is 5.56 Å². The normalized spacial score (nSPS) is 11.0. The van der Waals surface area contributed by atoms with E-state index in [-0.39, 0.29) is 0 Å². The lowest BCUT2D eigenvalue weighted by Gasteiger charge is -2.06. The van der Waals surface area contributed by atoms with Crippen molar-refractivity contribution in [3.05, 3.63) is 76.8 Å². The number of pyridine rings is 1. The number of aromatic nitrogens is 3. The summed E-state index contributed by atoms with van der Waals surface area (Å²) < 4.78 is 21.7. The highest BCUT2D eigenvalue weighted by atomic mass is 79.9. The molecule has 2 aromatic carbocycles. The molecule has 4 rings (SSSR count). The second-order valence-electron chi connectivity index (χ2n) is 5.86. The van der Waals surface area contributed by atoms with Crippen LogP contribution in [0.5, 0.6) is 5.75 Å². The smallest absolute Gasteiger partial charge is 0.213 e. The van der Waals surface area contributed by atoms with Gasteiger partial charge in [0.25, 0.3) is 0 Å². The zero-order valence-electron chi connectivity index (χ0n) is 14.0. The Balaban J connectivity index is 1.84. The first kappa shape index (κ1) is 16.7. The number of hydrogen-bond donors (Lipinski definition) is 0. The highest BCUT2D eigenvalue weighted by Gasteiger charge is 2.15. The maximum atomic E-state index is 13.6. The molecule has 0 fully saturated rings. The largest absolute Gasteiger partial charge is 0.497 e.